The Kier molecular flexibility index (Phi) is 7.02. The Morgan fingerprint density at radius 3 is 1.83 bits per heavy atom. The molecule has 0 amide bonds. The van der Waals surface area contributed by atoms with Crippen molar-refractivity contribution >= 4 is 11.4 Å². The molecule has 4 N–H and O–H groups in total. The van der Waals surface area contributed by atoms with Gasteiger partial charge in [0.2, 0.25) is 0 Å². The third-order valence-corrected chi connectivity index (χ3v) is 7.92. The molecule has 4 rings (SSSR count). The molecule has 0 unspecified atom stereocenters. The van der Waals surface area contributed by atoms with Crippen molar-refractivity contribution in [1.82, 2.24) is 0 Å². The van der Waals surface area contributed by atoms with Gasteiger partial charge in [0.25, 0.3) is 0 Å². The summed E-state index contributed by atoms with van der Waals surface area (Å²) in [4.78, 5) is 0. The number of nitrogens with two attached hydrogens (primary N) is 2. The van der Waals surface area contributed by atoms with E-state index in [-0.39, 0.29) is 0 Å². The highest BCUT2D eigenvalue weighted by Gasteiger charge is 2.31. The molecule has 0 atom stereocenters. The molecule has 2 heteroatoms. The Morgan fingerprint density at radius 2 is 1.27 bits per heavy atom. The quantitative estimate of drug-likeness (QED) is 0.495. The van der Waals surface area contributed by atoms with E-state index in [2.05, 4.69) is 31.2 Å². The van der Waals surface area contributed by atoms with Crippen LogP contribution in [0.25, 0.3) is 0 Å². The number of hydrogen-bond donors (Lipinski definition) is 2. The summed E-state index contributed by atoms with van der Waals surface area (Å²) in [6.45, 7) is 2.34. The van der Waals surface area contributed by atoms with Crippen LogP contribution in [-0.2, 0) is 6.42 Å². The molecule has 0 aromatic heterocycles. The zero-order chi connectivity index (χ0) is 20.9. The fourth-order valence-corrected chi connectivity index (χ4v) is 6.27. The summed E-state index contributed by atoms with van der Waals surface area (Å²) in [5.41, 5.74) is 17.4. The van der Waals surface area contributed by atoms with Crippen molar-refractivity contribution in [2.45, 2.75) is 83.5 Å². The van der Waals surface area contributed by atoms with Crippen molar-refractivity contribution in [3.63, 3.8) is 0 Å². The Labute approximate surface area is 183 Å². The van der Waals surface area contributed by atoms with Crippen LogP contribution in [0.3, 0.4) is 0 Å². The molecule has 2 aromatic rings. The van der Waals surface area contributed by atoms with Crippen LogP contribution < -0.4 is 11.5 Å². The predicted octanol–water partition coefficient (Wildman–Crippen LogP) is 7.32. The average molecular weight is 405 g/mol. The second-order valence-electron chi connectivity index (χ2n) is 10.1. The van der Waals surface area contributed by atoms with Crippen molar-refractivity contribution in [3.8, 4) is 0 Å². The molecule has 0 bridgehead atoms. The maximum Gasteiger partial charge on any atom is 0.0337 e. The number of anilines is 2. The van der Waals surface area contributed by atoms with Gasteiger partial charge in [-0.1, -0.05) is 56.9 Å². The monoisotopic (exact) mass is 404 g/mol. The summed E-state index contributed by atoms with van der Waals surface area (Å²) in [5, 5.41) is 0. The third kappa shape index (κ3) is 5.39. The molecule has 0 saturated heterocycles. The first-order chi connectivity index (χ1) is 14.6. The lowest BCUT2D eigenvalue weighted by atomic mass is 9.68. The number of benzene rings is 2. The normalized spacial score (nSPS) is 27.1. The summed E-state index contributed by atoms with van der Waals surface area (Å²) in [7, 11) is 0. The second kappa shape index (κ2) is 9.90. The number of hydrogen-bond acceptors (Lipinski definition) is 2. The van der Waals surface area contributed by atoms with E-state index in [4.69, 9.17) is 11.5 Å². The van der Waals surface area contributed by atoms with Gasteiger partial charge in [0, 0.05) is 11.4 Å². The van der Waals surface area contributed by atoms with Crippen LogP contribution in [0.4, 0.5) is 11.4 Å². The van der Waals surface area contributed by atoms with Crippen molar-refractivity contribution in [1.29, 1.82) is 0 Å². The Morgan fingerprint density at radius 1 is 0.700 bits per heavy atom. The molecule has 2 aliphatic rings. The minimum atomic E-state index is 0.747. The summed E-state index contributed by atoms with van der Waals surface area (Å²) in [6.07, 6.45) is 15.4. The molecular formula is C28H40N2. The van der Waals surface area contributed by atoms with E-state index in [0.29, 0.717) is 0 Å². The first kappa shape index (κ1) is 21.3. The van der Waals surface area contributed by atoms with Crippen LogP contribution in [0.1, 0.15) is 93.7 Å². The van der Waals surface area contributed by atoms with E-state index in [0.717, 1.165) is 41.5 Å². The lowest BCUT2D eigenvalue weighted by Gasteiger charge is -2.38. The van der Waals surface area contributed by atoms with Gasteiger partial charge in [-0.05, 0) is 104 Å². The van der Waals surface area contributed by atoms with Gasteiger partial charge in [-0.25, -0.2) is 0 Å². The minimum Gasteiger partial charge on any atom is -0.399 e. The van der Waals surface area contributed by atoms with Gasteiger partial charge < -0.3 is 11.5 Å². The fraction of sp³-hybridized carbons (Fsp3) is 0.571. The molecule has 2 nitrogen and oxygen atoms in total. The van der Waals surface area contributed by atoms with Gasteiger partial charge in [-0.2, -0.15) is 0 Å². The molecular weight excluding hydrogens is 364 g/mol. The highest BCUT2D eigenvalue weighted by molar-refractivity contribution is 5.55. The van der Waals surface area contributed by atoms with Gasteiger partial charge in [0.1, 0.15) is 0 Å². The van der Waals surface area contributed by atoms with E-state index >= 15 is 0 Å². The topological polar surface area (TPSA) is 52.0 Å². The van der Waals surface area contributed by atoms with Crippen molar-refractivity contribution in [2.24, 2.45) is 17.8 Å². The standard InChI is InChI=1S/C28H40N2/c1-2-3-20-4-8-23(9-5-20)25-12-14-26(15-13-25)24-10-6-21(7-11-24)16-22-17-27(29)19-28(30)18-22/h6-7,10-11,17-20,23,25-26H,2-5,8-9,12-16,29-30H2,1H3. The maximum atomic E-state index is 5.94. The van der Waals surface area contributed by atoms with Crippen LogP contribution >= 0.6 is 0 Å². The Balaban J connectivity index is 1.28. The lowest BCUT2D eigenvalue weighted by molar-refractivity contribution is 0.156. The van der Waals surface area contributed by atoms with Crippen LogP contribution in [0.5, 0.6) is 0 Å². The second-order valence-corrected chi connectivity index (χ2v) is 10.1. The average Bonchev–Trinajstić information content (AvgIpc) is 2.75. The van der Waals surface area contributed by atoms with Crippen molar-refractivity contribution in [3.05, 3.63) is 59.2 Å². The maximum absolute atomic E-state index is 5.94. The highest BCUT2D eigenvalue weighted by atomic mass is 14.6. The van der Waals surface area contributed by atoms with Gasteiger partial charge in [-0.3, -0.25) is 0 Å². The zero-order valence-electron chi connectivity index (χ0n) is 18.8. The largest absolute Gasteiger partial charge is 0.399 e. The molecule has 2 aromatic carbocycles. The Hall–Kier alpha value is -1.96. The molecule has 162 valence electrons. The molecule has 2 fully saturated rings. The molecule has 2 saturated carbocycles. The summed E-state index contributed by atoms with van der Waals surface area (Å²) in [6, 6.07) is 15.2. The Bertz CT molecular complexity index is 774. The van der Waals surface area contributed by atoms with Gasteiger partial charge in [0.15, 0.2) is 0 Å². The van der Waals surface area contributed by atoms with Crippen LogP contribution in [-0.4, -0.2) is 0 Å². The van der Waals surface area contributed by atoms with E-state index in [1.54, 1.807) is 0 Å². The summed E-state index contributed by atoms with van der Waals surface area (Å²) >= 11 is 0. The smallest absolute Gasteiger partial charge is 0.0337 e. The SMILES string of the molecule is CCCC1CCC(C2CCC(c3ccc(Cc4cc(N)cc(N)c4)cc3)CC2)CC1. The van der Waals surface area contributed by atoms with Gasteiger partial charge in [0.05, 0.1) is 0 Å². The first-order valence-electron chi connectivity index (χ1n) is 12.3. The molecule has 0 heterocycles. The van der Waals surface area contributed by atoms with Crippen LogP contribution in [0.15, 0.2) is 42.5 Å². The van der Waals surface area contributed by atoms with Gasteiger partial charge in [-0.15, -0.1) is 0 Å². The number of nitrogen functional groups attached to an aromatic ring is 2. The predicted molar refractivity (Wildman–Crippen MR) is 130 cm³/mol. The van der Waals surface area contributed by atoms with Crippen LogP contribution in [0.2, 0.25) is 0 Å². The summed E-state index contributed by atoms with van der Waals surface area (Å²) < 4.78 is 0. The first-order valence-corrected chi connectivity index (χ1v) is 12.3. The van der Waals surface area contributed by atoms with Gasteiger partial charge >= 0.3 is 0 Å². The molecule has 2 aliphatic carbocycles. The minimum absolute atomic E-state index is 0.747. The molecule has 0 aliphatic heterocycles. The molecule has 0 radical (unpaired) electrons. The fourth-order valence-electron chi connectivity index (χ4n) is 6.27. The molecule has 30 heavy (non-hydrogen) atoms. The third-order valence-electron chi connectivity index (χ3n) is 7.92. The molecule has 0 spiro atoms. The zero-order valence-corrected chi connectivity index (χ0v) is 18.8. The van der Waals surface area contributed by atoms with Crippen LogP contribution in [0, 0.1) is 17.8 Å². The highest BCUT2D eigenvalue weighted by Crippen LogP contribution is 2.44. The van der Waals surface area contributed by atoms with E-state index in [9.17, 15) is 0 Å². The van der Waals surface area contributed by atoms with Crippen molar-refractivity contribution in [2.75, 3.05) is 11.5 Å². The number of rotatable bonds is 6. The van der Waals surface area contributed by atoms with E-state index in [1.165, 1.54) is 80.9 Å². The van der Waals surface area contributed by atoms with Crippen molar-refractivity contribution < 1.29 is 0 Å². The van der Waals surface area contributed by atoms with E-state index in [1.807, 2.05) is 18.2 Å². The summed E-state index contributed by atoms with van der Waals surface area (Å²) in [5.74, 6) is 3.81. The lowest BCUT2D eigenvalue weighted by Crippen LogP contribution is -2.25. The van der Waals surface area contributed by atoms with E-state index < -0.39 is 0 Å².